The molecule has 0 saturated heterocycles. The quantitative estimate of drug-likeness (QED) is 0.751. The number of furan rings is 1. The van der Waals surface area contributed by atoms with Crippen molar-refractivity contribution in [3.05, 3.63) is 64.4 Å². The number of nitrogens with two attached hydrogens (primary N) is 1. The summed E-state index contributed by atoms with van der Waals surface area (Å²) in [5.74, 6) is 0.833. The first-order chi connectivity index (χ1) is 9.72. The smallest absolute Gasteiger partial charge is 0.247 e. The van der Waals surface area contributed by atoms with Gasteiger partial charge in [0.1, 0.15) is 5.69 Å². The van der Waals surface area contributed by atoms with Crippen LogP contribution < -0.4 is 11.3 Å². The minimum atomic E-state index is -0.131. The molecule has 0 spiro atoms. The molecule has 100 valence electrons. The average Bonchev–Trinajstić information content (AvgIpc) is 2.97. The van der Waals surface area contributed by atoms with Crippen molar-refractivity contribution >= 4 is 5.95 Å². The summed E-state index contributed by atoms with van der Waals surface area (Å²) in [5, 5.41) is 0. The van der Waals surface area contributed by atoms with E-state index in [-0.39, 0.29) is 11.5 Å². The summed E-state index contributed by atoms with van der Waals surface area (Å²) >= 11 is 0. The highest BCUT2D eigenvalue weighted by Gasteiger charge is 2.11. The van der Waals surface area contributed by atoms with E-state index in [0.717, 1.165) is 11.1 Å². The normalized spacial score (nSPS) is 10.6. The zero-order valence-electron chi connectivity index (χ0n) is 10.5. The molecule has 0 fully saturated rings. The number of rotatable bonds is 3. The molecule has 6 heteroatoms. The molecule has 0 aromatic carbocycles. The van der Waals surface area contributed by atoms with Gasteiger partial charge in [-0.25, -0.2) is 9.97 Å². The molecule has 3 aromatic heterocycles. The molecule has 0 radical (unpaired) electrons. The minimum absolute atomic E-state index is 0.131. The number of anilines is 1. The number of pyridine rings is 1. The molecule has 0 aliphatic heterocycles. The Hall–Kier alpha value is -2.89. The Kier molecular flexibility index (Phi) is 3.04. The second-order valence-corrected chi connectivity index (χ2v) is 4.32. The van der Waals surface area contributed by atoms with Crippen molar-refractivity contribution < 1.29 is 4.42 Å². The molecule has 0 amide bonds. The maximum atomic E-state index is 11.1. The van der Waals surface area contributed by atoms with Gasteiger partial charge in [0.25, 0.3) is 0 Å². The molecule has 20 heavy (non-hydrogen) atoms. The Bertz CT molecular complexity index is 758. The van der Waals surface area contributed by atoms with Crippen LogP contribution in [-0.4, -0.2) is 15.0 Å². The fourth-order valence-corrected chi connectivity index (χ4v) is 1.95. The summed E-state index contributed by atoms with van der Waals surface area (Å²) in [7, 11) is 0. The third-order valence-corrected chi connectivity index (χ3v) is 2.88. The van der Waals surface area contributed by atoms with Gasteiger partial charge in [-0.3, -0.25) is 4.79 Å². The van der Waals surface area contributed by atoms with Gasteiger partial charge in [-0.15, -0.1) is 0 Å². The SMILES string of the molecule is Nc1ncc(Cc2ccc(=O)[nH]c2)c(-c2ccco2)n1. The monoisotopic (exact) mass is 268 g/mol. The number of nitrogens with one attached hydrogen (secondary N) is 1. The lowest BCUT2D eigenvalue weighted by Gasteiger charge is -2.07. The highest BCUT2D eigenvalue weighted by molar-refractivity contribution is 5.58. The van der Waals surface area contributed by atoms with Crippen molar-refractivity contribution in [1.82, 2.24) is 15.0 Å². The van der Waals surface area contributed by atoms with Crippen LogP contribution >= 0.6 is 0 Å². The van der Waals surface area contributed by atoms with Gasteiger partial charge < -0.3 is 15.1 Å². The number of H-pyrrole nitrogens is 1. The van der Waals surface area contributed by atoms with Crippen molar-refractivity contribution in [3.8, 4) is 11.5 Å². The van der Waals surface area contributed by atoms with E-state index < -0.39 is 0 Å². The third kappa shape index (κ3) is 2.44. The number of aromatic nitrogens is 3. The Balaban J connectivity index is 2.01. The van der Waals surface area contributed by atoms with Crippen molar-refractivity contribution in [1.29, 1.82) is 0 Å². The van der Waals surface area contributed by atoms with E-state index in [1.54, 1.807) is 30.8 Å². The van der Waals surface area contributed by atoms with Crippen molar-refractivity contribution in [2.75, 3.05) is 5.73 Å². The second kappa shape index (κ2) is 5.00. The summed E-state index contributed by atoms with van der Waals surface area (Å²) < 4.78 is 5.37. The van der Waals surface area contributed by atoms with Crippen LogP contribution in [0.25, 0.3) is 11.5 Å². The largest absolute Gasteiger partial charge is 0.463 e. The fraction of sp³-hybridized carbons (Fsp3) is 0.0714. The summed E-state index contributed by atoms with van der Waals surface area (Å²) in [4.78, 5) is 21.9. The molecule has 0 aliphatic carbocycles. The van der Waals surface area contributed by atoms with Crippen molar-refractivity contribution in [2.24, 2.45) is 0 Å². The number of hydrogen-bond donors (Lipinski definition) is 2. The van der Waals surface area contributed by atoms with Gasteiger partial charge in [0, 0.05) is 30.4 Å². The van der Waals surface area contributed by atoms with E-state index in [2.05, 4.69) is 15.0 Å². The van der Waals surface area contributed by atoms with Gasteiger partial charge in [0.2, 0.25) is 11.5 Å². The van der Waals surface area contributed by atoms with E-state index in [9.17, 15) is 4.79 Å². The first kappa shape index (κ1) is 12.2. The molecule has 3 heterocycles. The van der Waals surface area contributed by atoms with Crippen LogP contribution in [-0.2, 0) is 6.42 Å². The van der Waals surface area contributed by atoms with Crippen molar-refractivity contribution in [2.45, 2.75) is 6.42 Å². The van der Waals surface area contributed by atoms with Crippen LogP contribution in [0.3, 0.4) is 0 Å². The summed E-state index contributed by atoms with van der Waals surface area (Å²) in [6, 6.07) is 6.86. The summed E-state index contributed by atoms with van der Waals surface area (Å²) in [6.45, 7) is 0. The molecule has 0 atom stereocenters. The minimum Gasteiger partial charge on any atom is -0.463 e. The Morgan fingerprint density at radius 2 is 2.20 bits per heavy atom. The molecular weight excluding hydrogens is 256 g/mol. The molecular formula is C14H12N4O2. The first-order valence-corrected chi connectivity index (χ1v) is 6.05. The van der Waals surface area contributed by atoms with Gasteiger partial charge in [-0.2, -0.15) is 0 Å². The zero-order chi connectivity index (χ0) is 13.9. The van der Waals surface area contributed by atoms with Crippen LogP contribution in [0.2, 0.25) is 0 Å². The Morgan fingerprint density at radius 3 is 2.90 bits per heavy atom. The van der Waals surface area contributed by atoms with E-state index in [0.29, 0.717) is 17.9 Å². The van der Waals surface area contributed by atoms with Gasteiger partial charge in [-0.05, 0) is 17.7 Å². The lowest BCUT2D eigenvalue weighted by atomic mass is 10.1. The summed E-state index contributed by atoms with van der Waals surface area (Å²) in [5.41, 5.74) is 7.99. The number of nitrogens with zero attached hydrogens (tertiary/aromatic N) is 2. The van der Waals surface area contributed by atoms with Gasteiger partial charge in [-0.1, -0.05) is 6.07 Å². The Morgan fingerprint density at radius 1 is 1.30 bits per heavy atom. The Labute approximate surface area is 114 Å². The maximum Gasteiger partial charge on any atom is 0.247 e. The zero-order valence-corrected chi connectivity index (χ0v) is 10.5. The molecule has 3 N–H and O–H groups in total. The summed E-state index contributed by atoms with van der Waals surface area (Å²) in [6.07, 6.45) is 5.50. The first-order valence-electron chi connectivity index (χ1n) is 6.05. The number of hydrogen-bond acceptors (Lipinski definition) is 5. The molecule has 0 saturated carbocycles. The predicted molar refractivity (Wildman–Crippen MR) is 74.0 cm³/mol. The van der Waals surface area contributed by atoms with E-state index >= 15 is 0 Å². The van der Waals surface area contributed by atoms with Crippen LogP contribution in [0.5, 0.6) is 0 Å². The fourth-order valence-electron chi connectivity index (χ4n) is 1.95. The number of aromatic amines is 1. The van der Waals surface area contributed by atoms with Crippen LogP contribution in [0.1, 0.15) is 11.1 Å². The number of nitrogen functional groups attached to an aromatic ring is 1. The standard InChI is InChI=1S/C14H12N4O2/c15-14-17-8-10(6-9-3-4-12(19)16-7-9)13(18-14)11-2-1-5-20-11/h1-5,7-8H,6H2,(H,16,19)(H2,15,17,18). The third-order valence-electron chi connectivity index (χ3n) is 2.88. The molecule has 6 nitrogen and oxygen atoms in total. The lowest BCUT2D eigenvalue weighted by molar-refractivity contribution is 0.579. The molecule has 3 aromatic rings. The second-order valence-electron chi connectivity index (χ2n) is 4.32. The lowest BCUT2D eigenvalue weighted by Crippen LogP contribution is -2.05. The molecule has 3 rings (SSSR count). The highest BCUT2D eigenvalue weighted by atomic mass is 16.3. The topological polar surface area (TPSA) is 97.8 Å². The highest BCUT2D eigenvalue weighted by Crippen LogP contribution is 2.24. The molecule has 0 aliphatic rings. The van der Waals surface area contributed by atoms with Gasteiger partial charge in [0.15, 0.2) is 5.76 Å². The van der Waals surface area contributed by atoms with Crippen LogP contribution in [0, 0.1) is 0 Å². The van der Waals surface area contributed by atoms with Crippen molar-refractivity contribution in [3.63, 3.8) is 0 Å². The molecule has 0 unspecified atom stereocenters. The van der Waals surface area contributed by atoms with E-state index in [4.69, 9.17) is 10.2 Å². The average molecular weight is 268 g/mol. The maximum absolute atomic E-state index is 11.1. The van der Waals surface area contributed by atoms with Gasteiger partial charge in [0.05, 0.1) is 6.26 Å². The van der Waals surface area contributed by atoms with Crippen LogP contribution in [0.4, 0.5) is 5.95 Å². The van der Waals surface area contributed by atoms with E-state index in [1.165, 1.54) is 6.07 Å². The molecule has 0 bridgehead atoms. The van der Waals surface area contributed by atoms with Gasteiger partial charge >= 0.3 is 0 Å². The predicted octanol–water partition coefficient (Wildman–Crippen LogP) is 1.60. The van der Waals surface area contributed by atoms with E-state index in [1.807, 2.05) is 6.07 Å². The van der Waals surface area contributed by atoms with Crippen LogP contribution in [0.15, 0.2) is 52.1 Å².